The van der Waals surface area contributed by atoms with Crippen LogP contribution in [-0.2, 0) is 11.2 Å². The largest absolute Gasteiger partial charge is 0.486 e. The Bertz CT molecular complexity index is 1570. The van der Waals surface area contributed by atoms with Crippen molar-refractivity contribution in [2.45, 2.75) is 25.8 Å². The van der Waals surface area contributed by atoms with Gasteiger partial charge in [-0.15, -0.1) is 0 Å². The highest BCUT2D eigenvalue weighted by Gasteiger charge is 2.29. The van der Waals surface area contributed by atoms with Crippen LogP contribution in [0.2, 0.25) is 0 Å². The number of nitrogens with one attached hydrogen (secondary N) is 1. The second-order valence-electron chi connectivity index (χ2n) is 9.00. The molecule has 180 valence electrons. The molecule has 4 aromatic rings. The molecule has 0 bridgehead atoms. The molecule has 36 heavy (non-hydrogen) atoms. The first kappa shape index (κ1) is 22.1. The van der Waals surface area contributed by atoms with E-state index in [1.54, 1.807) is 0 Å². The Morgan fingerprint density at radius 2 is 1.97 bits per heavy atom. The number of aliphatic carboxylic acids is 1. The summed E-state index contributed by atoms with van der Waals surface area (Å²) < 4.78 is 17.6. The number of nitriles is 1. The van der Waals surface area contributed by atoms with Crippen molar-refractivity contribution in [3.8, 4) is 40.1 Å². The fraction of sp³-hybridized carbons (Fsp3) is 0.250. The summed E-state index contributed by atoms with van der Waals surface area (Å²) in [5, 5.41) is 22.1. The Balaban J connectivity index is 1.42. The number of carbonyl (C=O) groups is 1. The van der Waals surface area contributed by atoms with Crippen molar-refractivity contribution in [2.75, 3.05) is 19.8 Å². The lowest BCUT2D eigenvalue weighted by atomic mass is 9.96. The van der Waals surface area contributed by atoms with Crippen molar-refractivity contribution < 1.29 is 23.8 Å². The summed E-state index contributed by atoms with van der Waals surface area (Å²) in [6, 6.07) is 16.0. The topological polar surface area (TPSA) is 118 Å². The summed E-state index contributed by atoms with van der Waals surface area (Å²) in [6.45, 7) is 2.95. The van der Waals surface area contributed by atoms with E-state index in [1.807, 2.05) is 49.4 Å². The summed E-state index contributed by atoms with van der Waals surface area (Å²) in [5.41, 5.74) is 7.20. The highest BCUT2D eigenvalue weighted by atomic mass is 16.6. The van der Waals surface area contributed by atoms with E-state index in [2.05, 4.69) is 11.4 Å². The minimum atomic E-state index is -0.915. The molecule has 0 radical (unpaired) electrons. The van der Waals surface area contributed by atoms with Crippen LogP contribution in [0.15, 0.2) is 46.9 Å². The van der Waals surface area contributed by atoms with Gasteiger partial charge in [0.05, 0.1) is 6.54 Å². The molecule has 0 saturated heterocycles. The van der Waals surface area contributed by atoms with E-state index in [0.717, 1.165) is 51.3 Å². The number of aromatic nitrogens is 1. The van der Waals surface area contributed by atoms with Gasteiger partial charge in [-0.3, -0.25) is 4.79 Å². The van der Waals surface area contributed by atoms with Crippen LogP contribution in [0.4, 0.5) is 0 Å². The van der Waals surface area contributed by atoms with Gasteiger partial charge in [0.2, 0.25) is 5.89 Å². The van der Waals surface area contributed by atoms with Crippen LogP contribution in [0.1, 0.15) is 34.7 Å². The number of benzene rings is 3. The van der Waals surface area contributed by atoms with Gasteiger partial charge in [-0.05, 0) is 71.8 Å². The Labute approximate surface area is 207 Å². The molecular weight excluding hydrogens is 458 g/mol. The monoisotopic (exact) mass is 481 g/mol. The quantitative estimate of drug-likeness (QED) is 0.418. The predicted molar refractivity (Wildman–Crippen MR) is 132 cm³/mol. The zero-order valence-corrected chi connectivity index (χ0v) is 19.6. The first-order valence-corrected chi connectivity index (χ1v) is 11.8. The minimum absolute atomic E-state index is 0.131. The minimum Gasteiger partial charge on any atom is -0.486 e. The third-order valence-corrected chi connectivity index (χ3v) is 6.91. The van der Waals surface area contributed by atoms with E-state index in [1.165, 1.54) is 0 Å². The molecule has 1 aliphatic carbocycles. The van der Waals surface area contributed by atoms with Gasteiger partial charge < -0.3 is 24.3 Å². The Hall–Kier alpha value is -4.35. The maximum absolute atomic E-state index is 11.0. The lowest BCUT2D eigenvalue weighted by Gasteiger charge is -2.19. The standard InChI is InChI=1S/C28H23N3O5/c1-15-17(16-5-8-24-25(11-16)35-10-9-34-24)3-2-4-18(15)28-31-23-12-20-19(21(13-29)27(23)36-28)6-7-22(20)30-14-26(32)33/h2-5,8,11-12,22,30H,6-7,9-10,14H2,1H3,(H,32,33)/t22-/m1/s1. The van der Waals surface area contributed by atoms with Gasteiger partial charge in [0.15, 0.2) is 17.1 Å². The molecule has 0 unspecified atom stereocenters. The van der Waals surface area contributed by atoms with Gasteiger partial charge in [-0.1, -0.05) is 18.2 Å². The summed E-state index contributed by atoms with van der Waals surface area (Å²) in [6.07, 6.45) is 1.41. The van der Waals surface area contributed by atoms with E-state index in [0.29, 0.717) is 42.2 Å². The fourth-order valence-corrected chi connectivity index (χ4v) is 5.20. The van der Waals surface area contributed by atoms with Crippen LogP contribution in [0, 0.1) is 18.3 Å². The van der Waals surface area contributed by atoms with E-state index in [-0.39, 0.29) is 12.6 Å². The lowest BCUT2D eigenvalue weighted by Crippen LogP contribution is -2.26. The number of nitrogens with zero attached hydrogens (tertiary/aromatic N) is 2. The molecule has 1 aromatic heterocycles. The van der Waals surface area contributed by atoms with Crippen LogP contribution < -0.4 is 14.8 Å². The Kier molecular flexibility index (Phi) is 5.35. The first-order chi connectivity index (χ1) is 17.5. The van der Waals surface area contributed by atoms with Crippen LogP contribution in [0.5, 0.6) is 11.5 Å². The Morgan fingerprint density at radius 1 is 1.17 bits per heavy atom. The maximum atomic E-state index is 11.0. The summed E-state index contributed by atoms with van der Waals surface area (Å²) in [4.78, 5) is 15.8. The smallest absolute Gasteiger partial charge is 0.317 e. The molecular formula is C28H23N3O5. The molecule has 6 rings (SSSR count). The number of carboxylic acid groups (broad SMARTS) is 1. The summed E-state index contributed by atoms with van der Waals surface area (Å²) in [7, 11) is 0. The van der Waals surface area contributed by atoms with Gasteiger partial charge in [0, 0.05) is 11.6 Å². The normalized spacial score (nSPS) is 16.1. The summed E-state index contributed by atoms with van der Waals surface area (Å²) in [5.74, 6) is 0.995. The molecule has 2 heterocycles. The number of oxazole rings is 1. The second-order valence-corrected chi connectivity index (χ2v) is 9.00. The summed E-state index contributed by atoms with van der Waals surface area (Å²) >= 11 is 0. The van der Waals surface area contributed by atoms with Gasteiger partial charge in [-0.2, -0.15) is 5.26 Å². The molecule has 8 nitrogen and oxygen atoms in total. The van der Waals surface area contributed by atoms with E-state index in [4.69, 9.17) is 24.0 Å². The molecule has 0 amide bonds. The van der Waals surface area contributed by atoms with Crippen molar-refractivity contribution in [1.82, 2.24) is 10.3 Å². The zero-order chi connectivity index (χ0) is 24.8. The van der Waals surface area contributed by atoms with Crippen LogP contribution >= 0.6 is 0 Å². The second kappa shape index (κ2) is 8.70. The van der Waals surface area contributed by atoms with Crippen LogP contribution in [-0.4, -0.2) is 35.8 Å². The lowest BCUT2D eigenvalue weighted by molar-refractivity contribution is -0.136. The van der Waals surface area contributed by atoms with Crippen LogP contribution in [0.25, 0.3) is 33.7 Å². The SMILES string of the molecule is Cc1c(-c2ccc3c(c2)OCCO3)cccc1-c1nc2cc3c(c(C#N)c2o1)CC[C@H]3NCC(=O)O. The van der Waals surface area contributed by atoms with E-state index >= 15 is 0 Å². The molecule has 1 aliphatic heterocycles. The zero-order valence-electron chi connectivity index (χ0n) is 19.6. The van der Waals surface area contributed by atoms with E-state index in [9.17, 15) is 10.1 Å². The number of ether oxygens (including phenoxy) is 2. The number of fused-ring (bicyclic) bond motifs is 3. The molecule has 2 aliphatic rings. The van der Waals surface area contributed by atoms with E-state index < -0.39 is 5.97 Å². The van der Waals surface area contributed by atoms with Crippen molar-refractivity contribution in [3.63, 3.8) is 0 Å². The number of carboxylic acids is 1. The third-order valence-electron chi connectivity index (χ3n) is 6.91. The van der Waals surface area contributed by atoms with Crippen LogP contribution in [0.3, 0.4) is 0 Å². The Morgan fingerprint density at radius 3 is 2.78 bits per heavy atom. The number of hydrogen-bond acceptors (Lipinski definition) is 7. The van der Waals surface area contributed by atoms with Gasteiger partial charge >= 0.3 is 5.97 Å². The molecule has 3 aromatic carbocycles. The third kappa shape index (κ3) is 3.65. The van der Waals surface area contributed by atoms with Crippen molar-refractivity contribution in [1.29, 1.82) is 5.26 Å². The predicted octanol–water partition coefficient (Wildman–Crippen LogP) is 4.77. The van der Waals surface area contributed by atoms with Gasteiger partial charge in [0.25, 0.3) is 0 Å². The maximum Gasteiger partial charge on any atom is 0.317 e. The first-order valence-electron chi connectivity index (χ1n) is 11.8. The molecule has 8 heteroatoms. The molecule has 0 saturated carbocycles. The highest BCUT2D eigenvalue weighted by Crippen LogP contribution is 2.41. The van der Waals surface area contributed by atoms with Crippen molar-refractivity contribution in [3.05, 3.63) is 64.7 Å². The average molecular weight is 482 g/mol. The highest BCUT2D eigenvalue weighted by molar-refractivity contribution is 5.86. The molecule has 0 fully saturated rings. The number of hydrogen-bond donors (Lipinski definition) is 2. The number of rotatable bonds is 5. The average Bonchev–Trinajstić information content (AvgIpc) is 3.49. The van der Waals surface area contributed by atoms with Crippen molar-refractivity contribution in [2.24, 2.45) is 0 Å². The molecule has 0 spiro atoms. The van der Waals surface area contributed by atoms with Gasteiger partial charge in [-0.25, -0.2) is 4.98 Å². The van der Waals surface area contributed by atoms with Crippen molar-refractivity contribution >= 4 is 17.1 Å². The molecule has 1 atom stereocenters. The fourth-order valence-electron chi connectivity index (χ4n) is 5.20. The molecule has 2 N–H and O–H groups in total. The van der Waals surface area contributed by atoms with Gasteiger partial charge in [0.1, 0.15) is 30.4 Å².